The van der Waals surface area contributed by atoms with Gasteiger partial charge in [-0.15, -0.1) is 0 Å². The SMILES string of the molecule is CCCC(CCCCC(=O)NCc1ccccccccc1)c1cc(C2CCCCCCCCCCC2)on1. The van der Waals surface area contributed by atoms with E-state index in [2.05, 4.69) is 23.5 Å². The molecular weight excluding hydrogens is 480 g/mol. The minimum Gasteiger partial charge on any atom is -0.361 e. The molecule has 2 aromatic rings. The lowest BCUT2D eigenvalue weighted by molar-refractivity contribution is -0.121. The van der Waals surface area contributed by atoms with E-state index in [0.717, 1.165) is 49.1 Å². The first-order valence-corrected chi connectivity index (χ1v) is 15.9. The van der Waals surface area contributed by atoms with Crippen LogP contribution in [0.1, 0.15) is 145 Å². The summed E-state index contributed by atoms with van der Waals surface area (Å²) in [7, 11) is 0. The predicted molar refractivity (Wildman–Crippen MR) is 162 cm³/mol. The van der Waals surface area contributed by atoms with Gasteiger partial charge in [0.15, 0.2) is 0 Å². The van der Waals surface area contributed by atoms with Gasteiger partial charge in [-0.05, 0) is 37.7 Å². The molecule has 1 saturated carbocycles. The summed E-state index contributed by atoms with van der Waals surface area (Å²) < 4.78 is 5.98. The van der Waals surface area contributed by atoms with E-state index in [1.807, 2.05) is 54.6 Å². The maximum absolute atomic E-state index is 12.5. The molecule has 4 heteroatoms. The van der Waals surface area contributed by atoms with Crippen LogP contribution in [0.2, 0.25) is 0 Å². The third-order valence-corrected chi connectivity index (χ3v) is 8.09. The molecule has 0 radical (unpaired) electrons. The first-order valence-electron chi connectivity index (χ1n) is 15.9. The normalized spacial score (nSPS) is 16.3. The van der Waals surface area contributed by atoms with E-state index in [1.54, 1.807) is 0 Å². The Kier molecular flexibility index (Phi) is 15.4. The van der Waals surface area contributed by atoms with Gasteiger partial charge in [0.25, 0.3) is 0 Å². The van der Waals surface area contributed by atoms with Gasteiger partial charge in [-0.25, -0.2) is 0 Å². The van der Waals surface area contributed by atoms with Crippen molar-refractivity contribution in [3.63, 3.8) is 0 Å². The summed E-state index contributed by atoms with van der Waals surface area (Å²) in [6, 6.07) is 20.4. The van der Waals surface area contributed by atoms with Crippen molar-refractivity contribution in [3.8, 4) is 0 Å². The highest BCUT2D eigenvalue weighted by atomic mass is 16.5. The summed E-state index contributed by atoms with van der Waals surface area (Å²) in [6.07, 6.45) is 20.6. The van der Waals surface area contributed by atoms with Crippen LogP contribution in [0.3, 0.4) is 0 Å². The fourth-order valence-electron chi connectivity index (χ4n) is 5.74. The third-order valence-electron chi connectivity index (χ3n) is 8.09. The molecule has 0 saturated heterocycles. The summed E-state index contributed by atoms with van der Waals surface area (Å²) >= 11 is 0. The Morgan fingerprint density at radius 1 is 0.846 bits per heavy atom. The van der Waals surface area contributed by atoms with Crippen molar-refractivity contribution in [2.45, 2.75) is 134 Å². The highest BCUT2D eigenvalue weighted by Gasteiger charge is 2.21. The van der Waals surface area contributed by atoms with Gasteiger partial charge in [0.2, 0.25) is 5.91 Å². The van der Waals surface area contributed by atoms with Crippen LogP contribution in [-0.2, 0) is 11.3 Å². The van der Waals surface area contributed by atoms with Crippen LogP contribution in [-0.4, -0.2) is 11.1 Å². The summed E-state index contributed by atoms with van der Waals surface area (Å²) in [5.74, 6) is 2.19. The number of carbonyl (C=O) groups excluding carboxylic acids is 1. The van der Waals surface area contributed by atoms with Crippen LogP contribution >= 0.6 is 0 Å². The average molecular weight is 533 g/mol. The summed E-state index contributed by atoms with van der Waals surface area (Å²) in [5, 5.41) is 7.67. The zero-order valence-corrected chi connectivity index (χ0v) is 24.4. The molecule has 1 N–H and O–H groups in total. The van der Waals surface area contributed by atoms with Crippen LogP contribution in [0, 0.1) is 0 Å². The average Bonchev–Trinajstić information content (AvgIpc) is 3.43. The lowest BCUT2D eigenvalue weighted by Gasteiger charge is -2.15. The van der Waals surface area contributed by atoms with Crippen molar-refractivity contribution in [2.75, 3.05) is 0 Å². The molecule has 1 unspecified atom stereocenters. The molecule has 4 nitrogen and oxygen atoms in total. The summed E-state index contributed by atoms with van der Waals surface area (Å²) in [5.41, 5.74) is 2.22. The molecule has 39 heavy (non-hydrogen) atoms. The van der Waals surface area contributed by atoms with Crippen molar-refractivity contribution in [1.29, 1.82) is 0 Å². The number of hydrogen-bond acceptors (Lipinski definition) is 3. The van der Waals surface area contributed by atoms with Crippen LogP contribution < -0.4 is 5.32 Å². The Bertz CT molecular complexity index is 947. The van der Waals surface area contributed by atoms with Gasteiger partial charge < -0.3 is 9.84 Å². The number of aromatic nitrogens is 1. The first kappa shape index (κ1) is 30.9. The minimum absolute atomic E-state index is 0.124. The van der Waals surface area contributed by atoms with E-state index in [0.29, 0.717) is 24.8 Å². The molecule has 1 aromatic carbocycles. The van der Waals surface area contributed by atoms with E-state index >= 15 is 0 Å². The molecule has 1 heterocycles. The van der Waals surface area contributed by atoms with E-state index in [9.17, 15) is 4.79 Å². The van der Waals surface area contributed by atoms with E-state index in [4.69, 9.17) is 4.52 Å². The van der Waals surface area contributed by atoms with Crippen LogP contribution in [0.5, 0.6) is 0 Å². The maximum Gasteiger partial charge on any atom is 0.220 e. The van der Waals surface area contributed by atoms with E-state index < -0.39 is 0 Å². The molecule has 214 valence electrons. The molecule has 1 aromatic heterocycles. The predicted octanol–water partition coefficient (Wildman–Crippen LogP) is 9.95. The monoisotopic (exact) mass is 532 g/mol. The third kappa shape index (κ3) is 12.9. The number of rotatable bonds is 11. The van der Waals surface area contributed by atoms with Gasteiger partial charge >= 0.3 is 0 Å². The van der Waals surface area contributed by atoms with E-state index in [1.165, 1.54) is 70.6 Å². The molecule has 1 aliphatic carbocycles. The van der Waals surface area contributed by atoms with Gasteiger partial charge in [0, 0.05) is 30.9 Å². The van der Waals surface area contributed by atoms with Crippen molar-refractivity contribution in [3.05, 3.63) is 77.7 Å². The molecule has 1 amide bonds. The topological polar surface area (TPSA) is 55.1 Å². The number of carbonyl (C=O) groups is 1. The first-order chi connectivity index (χ1) is 19.3. The lowest BCUT2D eigenvalue weighted by atomic mass is 9.89. The quantitative estimate of drug-likeness (QED) is 0.293. The van der Waals surface area contributed by atoms with Crippen molar-refractivity contribution in [1.82, 2.24) is 10.5 Å². The Balaban J connectivity index is 1.45. The van der Waals surface area contributed by atoms with Crippen LogP contribution in [0.15, 0.2) is 65.2 Å². The molecule has 1 fully saturated rings. The Labute approximate surface area is 237 Å². The number of hydrogen-bond donors (Lipinski definition) is 1. The molecule has 0 bridgehead atoms. The van der Waals surface area contributed by atoms with Gasteiger partial charge in [-0.1, -0.05) is 137 Å². The number of nitrogens with one attached hydrogen (secondary N) is 1. The number of nitrogens with zero attached hydrogens (tertiary/aromatic N) is 1. The highest BCUT2D eigenvalue weighted by Crippen LogP contribution is 2.33. The molecular formula is C35H52N2O2. The van der Waals surface area contributed by atoms with Crippen LogP contribution in [0.4, 0.5) is 0 Å². The van der Waals surface area contributed by atoms with E-state index in [-0.39, 0.29) is 5.91 Å². The summed E-state index contributed by atoms with van der Waals surface area (Å²) in [4.78, 5) is 12.5. The molecule has 1 atom stereocenters. The molecule has 1 aliphatic rings. The molecule has 0 aliphatic heterocycles. The van der Waals surface area contributed by atoms with Gasteiger partial charge in [0.05, 0.1) is 5.69 Å². The largest absolute Gasteiger partial charge is 0.361 e. The minimum atomic E-state index is 0.124. The lowest BCUT2D eigenvalue weighted by Crippen LogP contribution is -2.22. The molecule has 0 spiro atoms. The molecule has 3 rings (SSSR count). The summed E-state index contributed by atoms with van der Waals surface area (Å²) in [6.45, 7) is 2.80. The second-order valence-corrected chi connectivity index (χ2v) is 11.4. The standard InChI is InChI=1S/C35H52N2O2/c1-2-21-31(24-19-20-27-35(38)36-29-30-22-15-11-7-6-8-12-16-23-30)33-28-34(39-37-33)32-25-17-13-9-4-3-5-10-14-18-26-32/h6-8,11-12,15-16,22-23,28,31-32H,2-5,9-10,13-14,17-21,24-27,29H2,1H3,(H,36,38). The smallest absolute Gasteiger partial charge is 0.220 e. The fourth-order valence-corrected chi connectivity index (χ4v) is 5.74. The number of amides is 1. The Hall–Kier alpha value is -2.62. The van der Waals surface area contributed by atoms with Crippen molar-refractivity contribution >= 4 is 5.91 Å². The van der Waals surface area contributed by atoms with Gasteiger partial charge in [-0.2, -0.15) is 0 Å². The fraction of sp³-hybridized carbons (Fsp3) is 0.600. The number of unbranched alkanes of at least 4 members (excludes halogenated alkanes) is 1. The van der Waals surface area contributed by atoms with Gasteiger partial charge in [-0.3, -0.25) is 4.79 Å². The Morgan fingerprint density at radius 2 is 1.44 bits per heavy atom. The highest BCUT2D eigenvalue weighted by molar-refractivity contribution is 5.75. The van der Waals surface area contributed by atoms with Crippen molar-refractivity contribution in [2.24, 2.45) is 0 Å². The Morgan fingerprint density at radius 3 is 2.05 bits per heavy atom. The van der Waals surface area contributed by atoms with Crippen LogP contribution in [0.25, 0.3) is 0 Å². The second kappa shape index (κ2) is 19.4. The van der Waals surface area contributed by atoms with Gasteiger partial charge in [0.1, 0.15) is 5.76 Å². The van der Waals surface area contributed by atoms with Crippen molar-refractivity contribution < 1.29 is 9.32 Å². The second-order valence-electron chi connectivity index (χ2n) is 11.4. The maximum atomic E-state index is 12.5. The zero-order valence-electron chi connectivity index (χ0n) is 24.4. The zero-order chi connectivity index (χ0) is 27.4.